The van der Waals surface area contributed by atoms with Gasteiger partial charge < -0.3 is 23.9 Å². The third-order valence-corrected chi connectivity index (χ3v) is 8.29. The van der Waals surface area contributed by atoms with Gasteiger partial charge in [-0.05, 0) is 68.9 Å². The van der Waals surface area contributed by atoms with E-state index in [1.54, 1.807) is 30.0 Å². The average molecular weight is 533 g/mol. The Labute approximate surface area is 225 Å². The van der Waals surface area contributed by atoms with E-state index in [0.29, 0.717) is 41.2 Å². The Balaban J connectivity index is 1.53. The number of imidazole rings is 1. The minimum absolute atomic E-state index is 0.0261. The first kappa shape index (κ1) is 25.4. The van der Waals surface area contributed by atoms with Crippen LogP contribution < -0.4 is 4.90 Å². The second-order valence-corrected chi connectivity index (χ2v) is 10.7. The summed E-state index contributed by atoms with van der Waals surface area (Å²) in [6, 6.07) is 9.08. The predicted octanol–water partition coefficient (Wildman–Crippen LogP) is 5.29. The highest BCUT2D eigenvalue weighted by Crippen LogP contribution is 2.42. The summed E-state index contributed by atoms with van der Waals surface area (Å²) in [4.78, 5) is 35.7. The van der Waals surface area contributed by atoms with Crippen LogP contribution in [0.25, 0.3) is 22.1 Å². The van der Waals surface area contributed by atoms with Gasteiger partial charge in [0.2, 0.25) is 0 Å². The molecule has 0 unspecified atom stereocenters. The van der Waals surface area contributed by atoms with Crippen LogP contribution in [0.1, 0.15) is 74.0 Å². The van der Waals surface area contributed by atoms with E-state index in [1.807, 2.05) is 23.6 Å². The number of aliphatic carboxylic acids is 1. The molecule has 0 radical (unpaired) electrons. The summed E-state index contributed by atoms with van der Waals surface area (Å²) < 4.78 is 12.7. The monoisotopic (exact) mass is 532 g/mol. The Morgan fingerprint density at radius 3 is 2.74 bits per heavy atom. The van der Waals surface area contributed by atoms with Crippen molar-refractivity contribution in [1.82, 2.24) is 14.5 Å². The van der Waals surface area contributed by atoms with Crippen molar-refractivity contribution in [2.75, 3.05) is 12.0 Å². The number of carboxylic acids is 1. The van der Waals surface area contributed by atoms with Crippen LogP contribution in [0.3, 0.4) is 0 Å². The maximum atomic E-state index is 12.7. The fourth-order valence-electron chi connectivity index (χ4n) is 6.37. The molecule has 4 aromatic rings. The van der Waals surface area contributed by atoms with Gasteiger partial charge in [0.15, 0.2) is 11.5 Å². The molecular formula is C29H32N4O6. The van der Waals surface area contributed by atoms with Gasteiger partial charge in [0, 0.05) is 24.6 Å². The molecule has 1 amide bonds. The lowest BCUT2D eigenvalue weighted by molar-refractivity contribution is -0.143. The molecule has 1 saturated carbocycles. The quantitative estimate of drug-likeness (QED) is 0.362. The molecule has 3 heterocycles. The number of methoxy groups -OCH3 is 1. The van der Waals surface area contributed by atoms with Gasteiger partial charge in [-0.1, -0.05) is 12.5 Å². The first-order valence-corrected chi connectivity index (χ1v) is 13.5. The molecule has 0 spiro atoms. The molecule has 2 N–H and O–H groups in total. The minimum atomic E-state index is -1.07. The van der Waals surface area contributed by atoms with Gasteiger partial charge in [0.1, 0.15) is 17.4 Å². The summed E-state index contributed by atoms with van der Waals surface area (Å²) in [7, 11) is 1.38. The summed E-state index contributed by atoms with van der Waals surface area (Å²) in [6.45, 7) is 3.77. The highest BCUT2D eigenvalue weighted by Gasteiger charge is 2.35. The van der Waals surface area contributed by atoms with Crippen molar-refractivity contribution in [3.8, 4) is 0 Å². The molecule has 0 saturated heterocycles. The number of benzene rings is 2. The topological polar surface area (TPSA) is 131 Å². The maximum absolute atomic E-state index is 12.7. The Morgan fingerprint density at radius 1 is 1.15 bits per heavy atom. The number of aromatic nitrogens is 3. The van der Waals surface area contributed by atoms with Gasteiger partial charge in [-0.25, -0.2) is 14.8 Å². The van der Waals surface area contributed by atoms with Crippen LogP contribution in [0.2, 0.25) is 0 Å². The molecule has 1 fully saturated rings. The number of oxazole rings is 1. The summed E-state index contributed by atoms with van der Waals surface area (Å²) in [5.74, 6) is -0.244. The van der Waals surface area contributed by atoms with E-state index in [4.69, 9.17) is 14.1 Å². The molecule has 6 rings (SSSR count). The second-order valence-electron chi connectivity index (χ2n) is 10.7. The normalized spacial score (nSPS) is 22.2. The van der Waals surface area contributed by atoms with Crippen LogP contribution in [-0.4, -0.2) is 50.0 Å². The Bertz CT molecular complexity index is 1590. The first-order chi connectivity index (χ1) is 18.8. The van der Waals surface area contributed by atoms with E-state index in [2.05, 4.69) is 4.98 Å². The fraction of sp³-hybridized carbons (Fsp3) is 0.448. The number of hydrogen-bond acceptors (Lipinski definition) is 7. The van der Waals surface area contributed by atoms with E-state index in [1.165, 1.54) is 7.11 Å². The molecule has 2 aromatic heterocycles. The summed E-state index contributed by atoms with van der Waals surface area (Å²) in [5.41, 5.74) is 5.14. The fourth-order valence-corrected chi connectivity index (χ4v) is 6.37. The number of carbonyl (C=O) groups excluding carboxylic acids is 1. The second kappa shape index (κ2) is 9.68. The molecule has 2 aliphatic rings. The highest BCUT2D eigenvalue weighted by atomic mass is 16.5. The Kier molecular flexibility index (Phi) is 6.29. The standard InChI is InChI=1S/C29H32N4O6/c1-15-7-9-20-22(32(15)29(37)38-3)10-11-23-25(20)31-27(33(23)19-6-4-5-18(13-19)28(35)36)26(34)17-8-12-24-21(14-17)30-16(2)39-24/h8,10-12,14-15,18-19,26,34H,4-7,9,13H2,1-3H3,(H,35,36)/t15-,18+,19+,26-/m0/s1. The van der Waals surface area contributed by atoms with Gasteiger partial charge in [0.05, 0.1) is 29.7 Å². The van der Waals surface area contributed by atoms with E-state index >= 15 is 0 Å². The van der Waals surface area contributed by atoms with Crippen LogP contribution >= 0.6 is 0 Å². The van der Waals surface area contributed by atoms with Crippen molar-refractivity contribution in [1.29, 1.82) is 0 Å². The van der Waals surface area contributed by atoms with Crippen molar-refractivity contribution in [2.45, 2.75) is 70.6 Å². The average Bonchev–Trinajstić information content (AvgIpc) is 3.51. The largest absolute Gasteiger partial charge is 0.481 e. The number of anilines is 1. The first-order valence-electron chi connectivity index (χ1n) is 13.5. The molecule has 2 aromatic carbocycles. The lowest BCUT2D eigenvalue weighted by Gasteiger charge is -2.34. The van der Waals surface area contributed by atoms with Crippen LogP contribution in [0.4, 0.5) is 10.5 Å². The zero-order valence-electron chi connectivity index (χ0n) is 22.3. The van der Waals surface area contributed by atoms with Gasteiger partial charge in [0.25, 0.3) is 0 Å². The lowest BCUT2D eigenvalue weighted by Crippen LogP contribution is -2.42. The van der Waals surface area contributed by atoms with E-state index in [9.17, 15) is 19.8 Å². The number of ether oxygens (including phenoxy) is 1. The van der Waals surface area contributed by atoms with Gasteiger partial charge in [-0.15, -0.1) is 0 Å². The van der Waals surface area contributed by atoms with Crippen molar-refractivity contribution in [2.24, 2.45) is 5.92 Å². The van der Waals surface area contributed by atoms with Gasteiger partial charge in [-0.2, -0.15) is 0 Å². The Morgan fingerprint density at radius 2 is 1.97 bits per heavy atom. The van der Waals surface area contributed by atoms with Gasteiger partial charge >= 0.3 is 12.1 Å². The third kappa shape index (κ3) is 4.23. The van der Waals surface area contributed by atoms with E-state index in [0.717, 1.165) is 48.0 Å². The molecular weight excluding hydrogens is 500 g/mol. The summed E-state index contributed by atoms with van der Waals surface area (Å²) >= 11 is 0. The van der Waals surface area contributed by atoms with Crippen LogP contribution in [0.5, 0.6) is 0 Å². The summed E-state index contributed by atoms with van der Waals surface area (Å²) in [6.07, 6.45) is 2.65. The SMILES string of the molecule is COC(=O)N1c2ccc3c(nc([C@@H](O)c4ccc5oc(C)nc5c4)n3[C@@H]3CCC[C@@H](C(=O)O)C3)c2CC[C@@H]1C. The number of aliphatic hydroxyl groups is 1. The number of carbonyl (C=O) groups is 2. The molecule has 10 heteroatoms. The highest BCUT2D eigenvalue weighted by molar-refractivity contribution is 5.95. The number of fused-ring (bicyclic) bond motifs is 4. The van der Waals surface area contributed by atoms with E-state index < -0.39 is 24.1 Å². The molecule has 1 aliphatic carbocycles. The third-order valence-electron chi connectivity index (χ3n) is 8.29. The number of aliphatic hydroxyl groups excluding tert-OH is 1. The molecule has 39 heavy (non-hydrogen) atoms. The number of nitrogens with zero attached hydrogens (tertiary/aromatic N) is 4. The molecule has 10 nitrogen and oxygen atoms in total. The number of aryl methyl sites for hydroxylation is 2. The molecule has 204 valence electrons. The zero-order chi connectivity index (χ0) is 27.4. The molecule has 0 bridgehead atoms. The Hall–Kier alpha value is -3.92. The predicted molar refractivity (Wildman–Crippen MR) is 144 cm³/mol. The van der Waals surface area contributed by atoms with Crippen LogP contribution in [-0.2, 0) is 16.0 Å². The van der Waals surface area contributed by atoms with Crippen molar-refractivity contribution >= 4 is 39.9 Å². The van der Waals surface area contributed by atoms with Crippen molar-refractivity contribution in [3.05, 3.63) is 53.2 Å². The smallest absolute Gasteiger partial charge is 0.414 e. The number of amides is 1. The van der Waals surface area contributed by atoms with Gasteiger partial charge in [-0.3, -0.25) is 9.69 Å². The van der Waals surface area contributed by atoms with Crippen molar-refractivity contribution in [3.63, 3.8) is 0 Å². The molecule has 1 aliphatic heterocycles. The van der Waals surface area contributed by atoms with Crippen molar-refractivity contribution < 1.29 is 29.0 Å². The lowest BCUT2D eigenvalue weighted by atomic mass is 9.85. The molecule has 4 atom stereocenters. The van der Waals surface area contributed by atoms with Crippen LogP contribution in [0, 0.1) is 12.8 Å². The minimum Gasteiger partial charge on any atom is -0.481 e. The zero-order valence-corrected chi connectivity index (χ0v) is 22.3. The van der Waals surface area contributed by atoms with E-state index in [-0.39, 0.29) is 12.1 Å². The number of carboxylic acid groups (broad SMARTS) is 1. The maximum Gasteiger partial charge on any atom is 0.414 e. The number of hydrogen-bond donors (Lipinski definition) is 2. The summed E-state index contributed by atoms with van der Waals surface area (Å²) in [5, 5.41) is 21.5. The number of rotatable bonds is 4. The van der Waals surface area contributed by atoms with Crippen LogP contribution in [0.15, 0.2) is 34.7 Å².